The Balaban J connectivity index is 1.42. The monoisotopic (exact) mass is 341 g/mol. The van der Waals surface area contributed by atoms with Crippen molar-refractivity contribution >= 4 is 11.6 Å². The van der Waals surface area contributed by atoms with Crippen LogP contribution >= 0.6 is 0 Å². The number of hydrogen-bond donors (Lipinski definition) is 0. The van der Waals surface area contributed by atoms with Gasteiger partial charge in [0, 0.05) is 57.6 Å². The molecule has 0 bridgehead atoms. The van der Waals surface area contributed by atoms with Crippen LogP contribution in [0.3, 0.4) is 0 Å². The highest BCUT2D eigenvalue weighted by Gasteiger charge is 2.27. The van der Waals surface area contributed by atoms with Gasteiger partial charge in [0.15, 0.2) is 0 Å². The number of pyridine rings is 1. The number of anilines is 1. The van der Waals surface area contributed by atoms with Crippen LogP contribution in [0.2, 0.25) is 0 Å². The molecule has 2 fully saturated rings. The predicted molar refractivity (Wildman–Crippen MR) is 94.4 cm³/mol. The molecular weight excluding hydrogens is 318 g/mol. The summed E-state index contributed by atoms with van der Waals surface area (Å²) in [5.41, 5.74) is 1.96. The largest absolute Gasteiger partial charge is 0.314 e. The minimum absolute atomic E-state index is 0.0280. The van der Waals surface area contributed by atoms with Crippen molar-refractivity contribution in [1.29, 1.82) is 0 Å². The lowest BCUT2D eigenvalue weighted by atomic mass is 10.3. The summed E-state index contributed by atoms with van der Waals surface area (Å²) in [5, 5.41) is 4.49. The molecule has 1 atom stereocenters. The van der Waals surface area contributed by atoms with E-state index in [0.717, 1.165) is 50.4 Å². The summed E-state index contributed by atoms with van der Waals surface area (Å²) in [4.78, 5) is 27.8. The van der Waals surface area contributed by atoms with Crippen molar-refractivity contribution in [3.8, 4) is 0 Å². The Kier molecular flexibility index (Phi) is 4.17. The van der Waals surface area contributed by atoms with Crippen molar-refractivity contribution < 1.29 is 4.79 Å². The first-order valence-corrected chi connectivity index (χ1v) is 8.83. The van der Waals surface area contributed by atoms with Gasteiger partial charge >= 0.3 is 0 Å². The molecule has 1 amide bonds. The maximum Gasteiger partial charge on any atom is 0.250 e. The van der Waals surface area contributed by atoms with Crippen LogP contribution in [-0.4, -0.2) is 44.8 Å². The third-order valence-electron chi connectivity index (χ3n) is 5.27. The van der Waals surface area contributed by atoms with E-state index in [2.05, 4.69) is 10.00 Å². The van der Waals surface area contributed by atoms with Gasteiger partial charge in [-0.2, -0.15) is 5.10 Å². The number of amides is 1. The van der Waals surface area contributed by atoms with Crippen LogP contribution in [0.15, 0.2) is 35.4 Å². The second-order valence-corrected chi connectivity index (χ2v) is 6.92. The summed E-state index contributed by atoms with van der Waals surface area (Å²) >= 11 is 0. The quantitative estimate of drug-likeness (QED) is 0.837. The van der Waals surface area contributed by atoms with Crippen LogP contribution in [0.4, 0.5) is 5.69 Å². The molecule has 0 aliphatic carbocycles. The third-order valence-corrected chi connectivity index (χ3v) is 5.27. The maximum absolute atomic E-state index is 11.9. The Bertz CT molecular complexity index is 840. The Labute approximate surface area is 146 Å². The molecule has 2 aliphatic rings. The molecule has 7 heteroatoms. The molecule has 0 N–H and O–H groups in total. The number of likely N-dealkylation sites (tertiary alicyclic amines) is 1. The molecule has 4 heterocycles. The number of hydrogen-bond acceptors (Lipinski definition) is 4. The molecule has 2 aromatic heterocycles. The number of carbonyl (C=O) groups is 1. The SMILES string of the molecule is Cn1c(CN2CCC(n3cc(N4CCCC4=O)cn3)C2)cccc1=O. The number of rotatable bonds is 4. The Morgan fingerprint density at radius 2 is 2.12 bits per heavy atom. The first-order chi connectivity index (χ1) is 12.1. The first kappa shape index (κ1) is 16.1. The van der Waals surface area contributed by atoms with Crippen molar-refractivity contribution in [2.75, 3.05) is 24.5 Å². The molecule has 0 spiro atoms. The molecule has 132 valence electrons. The Morgan fingerprint density at radius 3 is 2.92 bits per heavy atom. The Morgan fingerprint density at radius 1 is 1.24 bits per heavy atom. The predicted octanol–water partition coefficient (Wildman–Crippen LogP) is 1.16. The lowest BCUT2D eigenvalue weighted by Crippen LogP contribution is -2.26. The highest BCUT2D eigenvalue weighted by atomic mass is 16.2. The molecule has 0 radical (unpaired) electrons. The smallest absolute Gasteiger partial charge is 0.250 e. The number of nitrogens with zero attached hydrogens (tertiary/aromatic N) is 5. The molecule has 25 heavy (non-hydrogen) atoms. The van der Waals surface area contributed by atoms with E-state index in [-0.39, 0.29) is 11.5 Å². The van der Waals surface area contributed by atoms with Crippen LogP contribution in [0.25, 0.3) is 0 Å². The van der Waals surface area contributed by atoms with Crippen LogP contribution in [-0.2, 0) is 18.4 Å². The van der Waals surface area contributed by atoms with E-state index in [0.29, 0.717) is 12.5 Å². The van der Waals surface area contributed by atoms with Crippen molar-refractivity contribution in [3.63, 3.8) is 0 Å². The molecule has 7 nitrogen and oxygen atoms in total. The summed E-state index contributed by atoms with van der Waals surface area (Å²) in [5.74, 6) is 0.192. The highest BCUT2D eigenvalue weighted by molar-refractivity contribution is 5.95. The second kappa shape index (κ2) is 6.48. The fourth-order valence-corrected chi connectivity index (χ4v) is 3.75. The third kappa shape index (κ3) is 3.11. The molecule has 4 rings (SSSR count). The van der Waals surface area contributed by atoms with Gasteiger partial charge in [-0.05, 0) is 18.9 Å². The van der Waals surface area contributed by atoms with E-state index in [9.17, 15) is 9.59 Å². The van der Waals surface area contributed by atoms with E-state index in [1.165, 1.54) is 0 Å². The average molecular weight is 341 g/mol. The average Bonchev–Trinajstić information content (AvgIpc) is 3.31. The fourth-order valence-electron chi connectivity index (χ4n) is 3.75. The molecule has 0 aromatic carbocycles. The van der Waals surface area contributed by atoms with Gasteiger partial charge in [0.05, 0.1) is 17.9 Å². The molecule has 2 aliphatic heterocycles. The Hall–Kier alpha value is -2.41. The van der Waals surface area contributed by atoms with Crippen LogP contribution < -0.4 is 10.5 Å². The van der Waals surface area contributed by atoms with E-state index in [1.807, 2.05) is 35.0 Å². The number of carbonyl (C=O) groups excluding carboxylic acids is 1. The van der Waals surface area contributed by atoms with Gasteiger partial charge in [0.1, 0.15) is 0 Å². The van der Waals surface area contributed by atoms with Gasteiger partial charge in [-0.25, -0.2) is 0 Å². The van der Waals surface area contributed by atoms with E-state index >= 15 is 0 Å². The summed E-state index contributed by atoms with van der Waals surface area (Å²) in [6.45, 7) is 3.44. The van der Waals surface area contributed by atoms with Crippen LogP contribution in [0.1, 0.15) is 31.0 Å². The summed E-state index contributed by atoms with van der Waals surface area (Å²) in [7, 11) is 1.82. The number of aromatic nitrogens is 3. The summed E-state index contributed by atoms with van der Waals surface area (Å²) in [6.07, 6.45) is 6.38. The van der Waals surface area contributed by atoms with Gasteiger partial charge in [0.2, 0.25) is 11.5 Å². The van der Waals surface area contributed by atoms with E-state index in [1.54, 1.807) is 16.8 Å². The summed E-state index contributed by atoms with van der Waals surface area (Å²) in [6, 6.07) is 5.71. The molecule has 2 aromatic rings. The first-order valence-electron chi connectivity index (χ1n) is 8.83. The van der Waals surface area contributed by atoms with Crippen molar-refractivity contribution in [2.24, 2.45) is 7.05 Å². The zero-order chi connectivity index (χ0) is 17.4. The standard InChI is InChI=1S/C18H23N5O2/c1-20-14(4-2-5-17(20)24)11-21-9-7-15(12-21)23-13-16(10-19-23)22-8-3-6-18(22)25/h2,4-5,10,13,15H,3,6-9,11-12H2,1H3. The molecule has 0 saturated carbocycles. The van der Waals surface area contributed by atoms with Gasteiger partial charge in [-0.15, -0.1) is 0 Å². The van der Waals surface area contributed by atoms with Crippen molar-refractivity contribution in [2.45, 2.75) is 31.8 Å². The molecule has 1 unspecified atom stereocenters. The fraction of sp³-hybridized carbons (Fsp3) is 0.500. The van der Waals surface area contributed by atoms with E-state index < -0.39 is 0 Å². The lowest BCUT2D eigenvalue weighted by Gasteiger charge is -2.18. The van der Waals surface area contributed by atoms with Crippen LogP contribution in [0.5, 0.6) is 0 Å². The zero-order valence-electron chi connectivity index (χ0n) is 14.5. The van der Waals surface area contributed by atoms with Crippen molar-refractivity contribution in [1.82, 2.24) is 19.2 Å². The van der Waals surface area contributed by atoms with E-state index in [4.69, 9.17) is 0 Å². The summed E-state index contributed by atoms with van der Waals surface area (Å²) < 4.78 is 3.70. The normalized spacial score (nSPS) is 21.4. The minimum atomic E-state index is 0.0280. The maximum atomic E-state index is 11.9. The molecular formula is C18H23N5O2. The minimum Gasteiger partial charge on any atom is -0.314 e. The zero-order valence-corrected chi connectivity index (χ0v) is 14.5. The van der Waals surface area contributed by atoms with Gasteiger partial charge in [-0.3, -0.25) is 19.2 Å². The lowest BCUT2D eigenvalue weighted by molar-refractivity contribution is -0.117. The highest BCUT2D eigenvalue weighted by Crippen LogP contribution is 2.26. The van der Waals surface area contributed by atoms with Gasteiger partial charge in [-0.1, -0.05) is 6.07 Å². The van der Waals surface area contributed by atoms with Gasteiger partial charge in [0.25, 0.3) is 0 Å². The molecule has 2 saturated heterocycles. The van der Waals surface area contributed by atoms with Crippen LogP contribution in [0, 0.1) is 0 Å². The topological polar surface area (TPSA) is 63.4 Å². The van der Waals surface area contributed by atoms with Gasteiger partial charge < -0.3 is 9.47 Å². The van der Waals surface area contributed by atoms with Crippen molar-refractivity contribution in [3.05, 3.63) is 46.6 Å². The second-order valence-electron chi connectivity index (χ2n) is 6.92.